The van der Waals surface area contributed by atoms with Crippen LogP contribution in [0.4, 0.5) is 11.6 Å². The molecule has 94 valence electrons. The third-order valence-corrected chi connectivity index (χ3v) is 2.98. The average Bonchev–Trinajstić information content (AvgIpc) is 3.08. The number of anilines is 2. The maximum Gasteiger partial charge on any atom is 0.136 e. The van der Waals surface area contributed by atoms with E-state index in [1.54, 1.807) is 0 Å². The van der Waals surface area contributed by atoms with Crippen LogP contribution in [0.15, 0.2) is 6.07 Å². The van der Waals surface area contributed by atoms with Crippen LogP contribution in [0.1, 0.15) is 45.4 Å². The van der Waals surface area contributed by atoms with Crippen molar-refractivity contribution in [3.63, 3.8) is 0 Å². The van der Waals surface area contributed by atoms with Crippen LogP contribution in [0.5, 0.6) is 0 Å². The Morgan fingerprint density at radius 1 is 1.41 bits per heavy atom. The third kappa shape index (κ3) is 3.08. The van der Waals surface area contributed by atoms with Gasteiger partial charge in [-0.3, -0.25) is 0 Å². The highest BCUT2D eigenvalue weighted by Crippen LogP contribution is 2.38. The Labute approximate surface area is 103 Å². The Bertz CT molecular complexity index is 385. The third-order valence-electron chi connectivity index (χ3n) is 2.98. The van der Waals surface area contributed by atoms with Crippen LogP contribution < -0.4 is 10.6 Å². The maximum absolute atomic E-state index is 5.87. The van der Waals surface area contributed by atoms with Crippen molar-refractivity contribution in [3.8, 4) is 0 Å². The van der Waals surface area contributed by atoms with Gasteiger partial charge in [-0.2, -0.15) is 0 Å². The van der Waals surface area contributed by atoms with E-state index in [2.05, 4.69) is 35.6 Å². The second-order valence-corrected chi connectivity index (χ2v) is 5.22. The molecule has 1 heterocycles. The smallest absolute Gasteiger partial charge is 0.136 e. The second kappa shape index (κ2) is 4.90. The molecule has 0 amide bonds. The van der Waals surface area contributed by atoms with E-state index in [1.807, 2.05) is 6.07 Å². The molecule has 1 aromatic heterocycles. The average molecular weight is 234 g/mol. The summed E-state index contributed by atoms with van der Waals surface area (Å²) in [6, 6.07) is 1.89. The molecule has 4 nitrogen and oxygen atoms in total. The predicted octanol–water partition coefficient (Wildman–Crippen LogP) is 2.42. The topological polar surface area (TPSA) is 55.0 Å². The lowest BCUT2D eigenvalue weighted by Gasteiger charge is -2.24. The maximum atomic E-state index is 5.87. The van der Waals surface area contributed by atoms with Gasteiger partial charge < -0.3 is 10.6 Å². The summed E-state index contributed by atoms with van der Waals surface area (Å²) in [5.41, 5.74) is 5.87. The minimum absolute atomic E-state index is 0.551. The fourth-order valence-corrected chi connectivity index (χ4v) is 1.98. The molecule has 1 saturated carbocycles. The number of nitrogens with zero attached hydrogens (tertiary/aromatic N) is 3. The lowest BCUT2D eigenvalue weighted by atomic mass is 10.2. The van der Waals surface area contributed by atoms with Gasteiger partial charge in [0, 0.05) is 25.1 Å². The molecule has 0 aliphatic heterocycles. The summed E-state index contributed by atoms with van der Waals surface area (Å²) in [6.45, 7) is 8.55. The van der Waals surface area contributed by atoms with E-state index in [1.165, 1.54) is 12.8 Å². The van der Waals surface area contributed by atoms with Crippen molar-refractivity contribution >= 4 is 11.6 Å². The van der Waals surface area contributed by atoms with Crippen LogP contribution in [0, 0.1) is 5.92 Å². The summed E-state index contributed by atoms with van der Waals surface area (Å²) in [7, 11) is 0. The van der Waals surface area contributed by atoms with Crippen molar-refractivity contribution in [3.05, 3.63) is 11.9 Å². The van der Waals surface area contributed by atoms with E-state index in [-0.39, 0.29) is 0 Å². The molecule has 0 radical (unpaired) electrons. The highest BCUT2D eigenvalue weighted by molar-refractivity contribution is 5.47. The van der Waals surface area contributed by atoms with Crippen molar-refractivity contribution in [2.24, 2.45) is 5.92 Å². The molecule has 0 bridgehead atoms. The monoisotopic (exact) mass is 234 g/mol. The predicted molar refractivity (Wildman–Crippen MR) is 71.1 cm³/mol. The Balaban J connectivity index is 2.22. The normalized spacial score (nSPS) is 15.3. The Morgan fingerprint density at radius 2 is 2.12 bits per heavy atom. The molecule has 1 aliphatic carbocycles. The van der Waals surface area contributed by atoms with Gasteiger partial charge in [-0.05, 0) is 25.7 Å². The van der Waals surface area contributed by atoms with E-state index in [9.17, 15) is 0 Å². The van der Waals surface area contributed by atoms with Crippen molar-refractivity contribution < 1.29 is 0 Å². The first-order valence-corrected chi connectivity index (χ1v) is 6.49. The number of hydrogen-bond acceptors (Lipinski definition) is 4. The van der Waals surface area contributed by atoms with Crippen LogP contribution in [0.2, 0.25) is 0 Å². The summed E-state index contributed by atoms with van der Waals surface area (Å²) in [6.07, 6.45) is 2.42. The second-order valence-electron chi connectivity index (χ2n) is 5.22. The van der Waals surface area contributed by atoms with Crippen molar-refractivity contribution in [1.82, 2.24) is 9.97 Å². The Kier molecular flexibility index (Phi) is 3.50. The standard InChI is InChI=1S/C13H22N4/c1-4-17(8-9(2)3)12-7-11(14)15-13(16-12)10-5-6-10/h7,9-10H,4-6,8H2,1-3H3,(H2,14,15,16). The van der Waals surface area contributed by atoms with Crippen LogP contribution in [-0.4, -0.2) is 23.1 Å². The molecule has 17 heavy (non-hydrogen) atoms. The zero-order valence-electron chi connectivity index (χ0n) is 11.0. The minimum atomic E-state index is 0.551. The first-order chi connectivity index (χ1) is 8.10. The first kappa shape index (κ1) is 12.1. The summed E-state index contributed by atoms with van der Waals surface area (Å²) in [5.74, 6) is 3.68. The molecular formula is C13H22N4. The quantitative estimate of drug-likeness (QED) is 0.850. The number of hydrogen-bond donors (Lipinski definition) is 1. The molecule has 4 heteroatoms. The SMILES string of the molecule is CCN(CC(C)C)c1cc(N)nc(C2CC2)n1. The van der Waals surface area contributed by atoms with Gasteiger partial charge in [-0.1, -0.05) is 13.8 Å². The summed E-state index contributed by atoms with van der Waals surface area (Å²) in [4.78, 5) is 11.3. The lowest BCUT2D eigenvalue weighted by molar-refractivity contribution is 0.613. The number of rotatable bonds is 5. The highest BCUT2D eigenvalue weighted by Gasteiger charge is 2.27. The fraction of sp³-hybridized carbons (Fsp3) is 0.692. The number of aromatic nitrogens is 2. The van der Waals surface area contributed by atoms with Crippen LogP contribution in [0.3, 0.4) is 0 Å². The van der Waals surface area contributed by atoms with Gasteiger partial charge in [0.05, 0.1) is 0 Å². The zero-order chi connectivity index (χ0) is 12.4. The van der Waals surface area contributed by atoms with Crippen molar-refractivity contribution in [2.45, 2.75) is 39.5 Å². The molecule has 0 spiro atoms. The van der Waals surface area contributed by atoms with Crippen LogP contribution in [0.25, 0.3) is 0 Å². The Hall–Kier alpha value is -1.32. The largest absolute Gasteiger partial charge is 0.384 e. The van der Waals surface area contributed by atoms with Gasteiger partial charge in [0.15, 0.2) is 0 Å². The first-order valence-electron chi connectivity index (χ1n) is 6.49. The summed E-state index contributed by atoms with van der Waals surface area (Å²) >= 11 is 0. The highest BCUT2D eigenvalue weighted by atomic mass is 15.2. The summed E-state index contributed by atoms with van der Waals surface area (Å²) in [5, 5.41) is 0. The molecule has 1 aliphatic rings. The molecule has 0 aromatic carbocycles. The Morgan fingerprint density at radius 3 is 2.65 bits per heavy atom. The van der Waals surface area contributed by atoms with Gasteiger partial charge in [-0.25, -0.2) is 9.97 Å². The van der Waals surface area contributed by atoms with Crippen molar-refractivity contribution in [2.75, 3.05) is 23.7 Å². The van der Waals surface area contributed by atoms with E-state index in [4.69, 9.17) is 5.73 Å². The van der Waals surface area contributed by atoms with Gasteiger partial charge in [-0.15, -0.1) is 0 Å². The van der Waals surface area contributed by atoms with Crippen LogP contribution in [-0.2, 0) is 0 Å². The van der Waals surface area contributed by atoms with E-state index in [0.717, 1.165) is 24.7 Å². The van der Waals surface area contributed by atoms with E-state index in [0.29, 0.717) is 17.7 Å². The molecule has 0 unspecified atom stereocenters. The molecule has 2 N–H and O–H groups in total. The van der Waals surface area contributed by atoms with E-state index < -0.39 is 0 Å². The lowest BCUT2D eigenvalue weighted by Crippen LogP contribution is -2.28. The zero-order valence-corrected chi connectivity index (χ0v) is 11.0. The number of nitrogens with two attached hydrogens (primary N) is 1. The van der Waals surface area contributed by atoms with Gasteiger partial charge in [0.1, 0.15) is 17.5 Å². The molecule has 1 aromatic rings. The molecular weight excluding hydrogens is 212 g/mol. The number of nitrogen functional groups attached to an aromatic ring is 1. The van der Waals surface area contributed by atoms with Gasteiger partial charge in [0.25, 0.3) is 0 Å². The molecule has 2 rings (SSSR count). The molecule has 0 atom stereocenters. The van der Waals surface area contributed by atoms with Gasteiger partial charge in [0.2, 0.25) is 0 Å². The molecule has 0 saturated heterocycles. The summed E-state index contributed by atoms with van der Waals surface area (Å²) < 4.78 is 0. The van der Waals surface area contributed by atoms with Crippen LogP contribution >= 0.6 is 0 Å². The van der Waals surface area contributed by atoms with Crippen molar-refractivity contribution in [1.29, 1.82) is 0 Å². The fourth-order valence-electron chi connectivity index (χ4n) is 1.98. The van der Waals surface area contributed by atoms with E-state index >= 15 is 0 Å². The minimum Gasteiger partial charge on any atom is -0.384 e. The molecule has 1 fully saturated rings. The van der Waals surface area contributed by atoms with Gasteiger partial charge >= 0.3 is 0 Å².